The van der Waals surface area contributed by atoms with Gasteiger partial charge < -0.3 is 24.0 Å². The van der Waals surface area contributed by atoms with Crippen molar-refractivity contribution in [3.05, 3.63) is 29.8 Å². The van der Waals surface area contributed by atoms with Gasteiger partial charge in [-0.1, -0.05) is 18.2 Å². The fraction of sp³-hybridized carbons (Fsp3) is 0.533. The van der Waals surface area contributed by atoms with Gasteiger partial charge >= 0.3 is 0 Å². The van der Waals surface area contributed by atoms with E-state index in [4.69, 9.17) is 4.55 Å². The smallest absolute Gasteiger partial charge is 0.264 e. The first-order valence-electron chi connectivity index (χ1n) is 6.90. The topological polar surface area (TPSA) is 57.4 Å². The van der Waals surface area contributed by atoms with E-state index in [1.807, 2.05) is 6.07 Å². The lowest BCUT2D eigenvalue weighted by Crippen LogP contribution is -3.00. The van der Waals surface area contributed by atoms with Gasteiger partial charge in [0.05, 0.1) is 11.2 Å². The van der Waals surface area contributed by atoms with E-state index < -0.39 is 10.1 Å². The Morgan fingerprint density at radius 3 is 2.43 bits per heavy atom. The van der Waals surface area contributed by atoms with Crippen LogP contribution in [0.5, 0.6) is 0 Å². The highest BCUT2D eigenvalue weighted by Crippen LogP contribution is 2.39. The molecule has 0 spiro atoms. The van der Waals surface area contributed by atoms with Gasteiger partial charge in [-0.2, -0.15) is 13.0 Å². The van der Waals surface area contributed by atoms with E-state index in [2.05, 4.69) is 43.5 Å². The van der Waals surface area contributed by atoms with Crippen molar-refractivity contribution in [2.24, 2.45) is 0 Å². The largest absolute Gasteiger partial charge is 1.00 e. The molecule has 1 aliphatic rings. The van der Waals surface area contributed by atoms with Crippen LogP contribution in [0.25, 0.3) is 0 Å². The van der Waals surface area contributed by atoms with E-state index in [-0.39, 0.29) is 35.1 Å². The van der Waals surface area contributed by atoms with Crippen LogP contribution in [0.2, 0.25) is 0 Å². The summed E-state index contributed by atoms with van der Waals surface area (Å²) < 4.78 is 32.5. The van der Waals surface area contributed by atoms with Crippen molar-refractivity contribution in [1.82, 2.24) is 0 Å². The van der Waals surface area contributed by atoms with Gasteiger partial charge in [-0.25, -0.2) is 0 Å². The second-order valence-corrected chi connectivity index (χ2v) is 7.44. The number of nitrogens with zero attached hydrogens (tertiary/aromatic N) is 1. The average molecular weight is 423 g/mol. The summed E-state index contributed by atoms with van der Waals surface area (Å²) >= 11 is 0. The molecule has 0 saturated heterocycles. The summed E-state index contributed by atoms with van der Waals surface area (Å²) in [7, 11) is -3.84. The van der Waals surface area contributed by atoms with E-state index >= 15 is 0 Å². The number of para-hydroxylation sites is 1. The number of hydrogen-bond donors (Lipinski definition) is 1. The SMILES string of the molecule is CC1=[N+](CCCCS(=O)(=O)O)c2ccccc2C1(C)C.[I-]. The van der Waals surface area contributed by atoms with Gasteiger partial charge in [0.25, 0.3) is 10.1 Å². The molecule has 0 atom stereocenters. The molecule has 0 aliphatic carbocycles. The predicted octanol–water partition coefficient (Wildman–Crippen LogP) is -0.245. The van der Waals surface area contributed by atoms with Crippen LogP contribution in [-0.2, 0) is 15.5 Å². The molecule has 1 N–H and O–H groups in total. The van der Waals surface area contributed by atoms with Crippen molar-refractivity contribution in [1.29, 1.82) is 0 Å². The summed E-state index contributed by atoms with van der Waals surface area (Å²) in [4.78, 5) is 0. The molecule has 2 rings (SSSR count). The maximum Gasteiger partial charge on any atom is 0.264 e. The molecule has 118 valence electrons. The van der Waals surface area contributed by atoms with Crippen LogP contribution in [0.15, 0.2) is 24.3 Å². The van der Waals surface area contributed by atoms with Crippen molar-refractivity contribution in [2.45, 2.75) is 39.0 Å². The first-order valence-corrected chi connectivity index (χ1v) is 8.50. The third-order valence-corrected chi connectivity index (χ3v) is 5.02. The third-order valence-electron chi connectivity index (χ3n) is 4.21. The molecule has 0 bridgehead atoms. The highest BCUT2D eigenvalue weighted by Gasteiger charge is 2.42. The molecule has 0 amide bonds. The molecule has 1 heterocycles. The van der Waals surface area contributed by atoms with Crippen LogP contribution >= 0.6 is 0 Å². The van der Waals surface area contributed by atoms with Gasteiger partial charge in [0, 0.05) is 25.0 Å². The van der Waals surface area contributed by atoms with E-state index in [1.54, 1.807) is 0 Å². The molecule has 0 aromatic heterocycles. The maximum atomic E-state index is 10.7. The highest BCUT2D eigenvalue weighted by atomic mass is 127. The van der Waals surface area contributed by atoms with Crippen LogP contribution in [-0.4, -0.2) is 35.6 Å². The Hall–Kier alpha value is -0.470. The highest BCUT2D eigenvalue weighted by molar-refractivity contribution is 7.85. The molecule has 4 nitrogen and oxygen atoms in total. The summed E-state index contributed by atoms with van der Waals surface area (Å²) in [6.45, 7) is 7.32. The summed E-state index contributed by atoms with van der Waals surface area (Å²) in [5.74, 6) is -0.162. The van der Waals surface area contributed by atoms with Crippen LogP contribution in [0.1, 0.15) is 39.2 Å². The molecule has 1 aromatic carbocycles. The lowest BCUT2D eigenvalue weighted by atomic mass is 9.82. The first-order chi connectivity index (χ1) is 9.23. The summed E-state index contributed by atoms with van der Waals surface area (Å²) in [6.07, 6.45) is 1.22. The van der Waals surface area contributed by atoms with Crippen LogP contribution in [0.4, 0.5) is 5.69 Å². The number of rotatable bonds is 5. The molecule has 1 aromatic rings. The predicted molar refractivity (Wildman–Crippen MR) is 80.6 cm³/mol. The molecule has 0 radical (unpaired) electrons. The van der Waals surface area contributed by atoms with E-state index in [1.165, 1.54) is 17.0 Å². The van der Waals surface area contributed by atoms with Crippen LogP contribution < -0.4 is 24.0 Å². The van der Waals surface area contributed by atoms with Crippen molar-refractivity contribution < 1.29 is 41.5 Å². The Labute approximate surface area is 144 Å². The van der Waals surface area contributed by atoms with E-state index in [0.717, 1.165) is 13.0 Å². The minimum absolute atomic E-state index is 0. The molecule has 1 aliphatic heterocycles. The standard InChI is InChI=1S/C15H21NO3S.HI/c1-12-15(2,3)13-8-4-5-9-14(13)16(12)10-6-7-11-20(17,18)19;/h4-5,8-9H,6-7,10-11H2,1-3H3;1H. The van der Waals surface area contributed by atoms with E-state index in [9.17, 15) is 8.42 Å². The average Bonchev–Trinajstić information content (AvgIpc) is 2.54. The minimum Gasteiger partial charge on any atom is -1.00 e. The van der Waals surface area contributed by atoms with Crippen molar-refractivity contribution in [2.75, 3.05) is 12.3 Å². The molecular formula is C15H22INO3S. The summed E-state index contributed by atoms with van der Waals surface area (Å²) in [5, 5.41) is 0. The molecule has 0 saturated carbocycles. The van der Waals surface area contributed by atoms with Gasteiger partial charge in [-0.05, 0) is 20.3 Å². The Morgan fingerprint density at radius 1 is 1.19 bits per heavy atom. The quantitative estimate of drug-likeness (QED) is 0.308. The molecule has 0 fully saturated rings. The van der Waals surface area contributed by atoms with Crippen LogP contribution in [0, 0.1) is 0 Å². The number of hydrogen-bond acceptors (Lipinski definition) is 2. The number of benzene rings is 1. The van der Waals surface area contributed by atoms with Gasteiger partial charge in [-0.15, -0.1) is 0 Å². The molecule has 0 unspecified atom stereocenters. The van der Waals surface area contributed by atoms with Gasteiger partial charge in [0.15, 0.2) is 5.71 Å². The fourth-order valence-electron chi connectivity index (χ4n) is 2.79. The zero-order valence-electron chi connectivity index (χ0n) is 12.6. The Kier molecular flexibility index (Phi) is 5.97. The third kappa shape index (κ3) is 4.04. The van der Waals surface area contributed by atoms with Gasteiger partial charge in [0.2, 0.25) is 5.69 Å². The number of unbranched alkanes of at least 4 members (excludes halogenated alkanes) is 1. The Balaban J connectivity index is 0.00000220. The lowest BCUT2D eigenvalue weighted by Gasteiger charge is -2.14. The second-order valence-electron chi connectivity index (χ2n) is 5.87. The maximum absolute atomic E-state index is 10.7. The zero-order valence-corrected chi connectivity index (χ0v) is 15.6. The second kappa shape index (κ2) is 6.75. The Bertz CT molecular complexity index is 651. The molecule has 21 heavy (non-hydrogen) atoms. The number of fused-ring (bicyclic) bond motifs is 1. The summed E-state index contributed by atoms with van der Waals surface area (Å²) in [6, 6.07) is 8.34. The minimum atomic E-state index is -3.84. The monoisotopic (exact) mass is 423 g/mol. The van der Waals surface area contributed by atoms with Gasteiger partial charge in [0.1, 0.15) is 6.54 Å². The lowest BCUT2D eigenvalue weighted by molar-refractivity contribution is -0.439. The van der Waals surface area contributed by atoms with Crippen molar-refractivity contribution >= 4 is 21.5 Å². The number of halogens is 1. The molecule has 6 heteroatoms. The van der Waals surface area contributed by atoms with Crippen molar-refractivity contribution in [3.63, 3.8) is 0 Å². The first kappa shape index (κ1) is 18.6. The summed E-state index contributed by atoms with van der Waals surface area (Å²) in [5.41, 5.74) is 3.82. The van der Waals surface area contributed by atoms with E-state index in [0.29, 0.717) is 6.42 Å². The van der Waals surface area contributed by atoms with Crippen molar-refractivity contribution in [3.8, 4) is 0 Å². The zero-order chi connectivity index (χ0) is 15.0. The molecular weight excluding hydrogens is 401 g/mol. The normalized spacial score (nSPS) is 16.6. The van der Waals surface area contributed by atoms with Gasteiger partial charge in [-0.3, -0.25) is 4.55 Å². The Morgan fingerprint density at radius 2 is 1.81 bits per heavy atom. The fourth-order valence-corrected chi connectivity index (χ4v) is 3.36. The van der Waals surface area contributed by atoms with Crippen LogP contribution in [0.3, 0.4) is 0 Å².